The zero-order valence-corrected chi connectivity index (χ0v) is 29.1. The van der Waals surface area contributed by atoms with Crippen molar-refractivity contribution >= 4 is 71.9 Å². The molecule has 0 bridgehead atoms. The largest absolute Gasteiger partial charge is 0.456 e. The fourth-order valence-corrected chi connectivity index (χ4v) is 8.02. The molecule has 0 radical (unpaired) electrons. The molecule has 0 fully saturated rings. The molecular weight excluding hydrogens is 663 g/mol. The van der Waals surface area contributed by atoms with E-state index in [-0.39, 0.29) is 0 Å². The molecule has 3 aromatic heterocycles. The number of hydrogen-bond acceptors (Lipinski definition) is 4. The van der Waals surface area contributed by atoms with Crippen LogP contribution in [0.15, 0.2) is 197 Å². The summed E-state index contributed by atoms with van der Waals surface area (Å²) in [5, 5.41) is 4.24. The van der Waals surface area contributed by atoms with E-state index in [0.717, 1.165) is 83.3 Å². The number of fused-ring (bicyclic) bond motifs is 8. The van der Waals surface area contributed by atoms with Crippen LogP contribution in [0.5, 0.6) is 0 Å². The zero-order chi connectivity index (χ0) is 35.6. The van der Waals surface area contributed by atoms with E-state index < -0.39 is 0 Å². The molecule has 0 saturated carbocycles. The van der Waals surface area contributed by atoms with Gasteiger partial charge in [0.25, 0.3) is 0 Å². The van der Waals surface area contributed by atoms with Gasteiger partial charge in [-0.25, -0.2) is 4.98 Å². The van der Waals surface area contributed by atoms with E-state index >= 15 is 0 Å². The summed E-state index contributed by atoms with van der Waals surface area (Å²) in [6.45, 7) is 0. The first-order valence-corrected chi connectivity index (χ1v) is 18.1. The van der Waals surface area contributed by atoms with Crippen molar-refractivity contribution < 1.29 is 8.83 Å². The first-order chi connectivity index (χ1) is 26.8. The number of rotatable bonds is 6. The van der Waals surface area contributed by atoms with Gasteiger partial charge < -0.3 is 18.3 Å². The molecule has 254 valence electrons. The Bertz CT molecular complexity index is 3160. The average Bonchev–Trinajstić information content (AvgIpc) is 3.95. The minimum Gasteiger partial charge on any atom is -0.456 e. The minimum atomic E-state index is 0.555. The number of benzene rings is 8. The summed E-state index contributed by atoms with van der Waals surface area (Å²) in [4.78, 5) is 7.65. The van der Waals surface area contributed by atoms with Crippen molar-refractivity contribution in [2.45, 2.75) is 0 Å². The molecule has 0 aliphatic carbocycles. The van der Waals surface area contributed by atoms with Gasteiger partial charge in [-0.2, -0.15) is 0 Å². The number of nitrogens with zero attached hydrogens (tertiary/aromatic N) is 3. The van der Waals surface area contributed by atoms with Crippen LogP contribution < -0.4 is 4.90 Å². The predicted octanol–water partition coefficient (Wildman–Crippen LogP) is 13.6. The highest BCUT2D eigenvalue weighted by Crippen LogP contribution is 2.49. The van der Waals surface area contributed by atoms with Crippen LogP contribution in [-0.2, 0) is 0 Å². The van der Waals surface area contributed by atoms with Gasteiger partial charge in [0.15, 0.2) is 5.58 Å². The molecule has 8 aromatic carbocycles. The van der Waals surface area contributed by atoms with Gasteiger partial charge in [0.2, 0.25) is 5.89 Å². The standard InChI is InChI=1S/C49H31N3O2/c1-4-16-32(17-5-1)34-20-14-23-36(30-34)51(41-28-15-26-38-37-24-10-12-27-40(37)52(47(38)41)35-21-8-3-9-22-35)42-31-44-45(39-25-11-13-29-43(39)53-44)48-46(42)50-49(54-48)33-18-6-2-7-19-33/h1-31H. The van der Waals surface area contributed by atoms with Crippen LogP contribution in [0.4, 0.5) is 17.1 Å². The van der Waals surface area contributed by atoms with Gasteiger partial charge in [-0.3, -0.25) is 0 Å². The van der Waals surface area contributed by atoms with Crippen LogP contribution in [0.1, 0.15) is 0 Å². The third-order valence-electron chi connectivity index (χ3n) is 10.4. The lowest BCUT2D eigenvalue weighted by molar-refractivity contribution is 0.622. The van der Waals surface area contributed by atoms with E-state index in [4.69, 9.17) is 13.8 Å². The van der Waals surface area contributed by atoms with Crippen molar-refractivity contribution in [3.63, 3.8) is 0 Å². The SMILES string of the molecule is c1ccc(-c2cccc(N(c3cc4oc5ccccc5c4c4oc(-c5ccccc5)nc34)c3cccc4c5ccccc5n(-c5ccccc5)c34)c2)cc1. The maximum absolute atomic E-state index is 6.82. The molecule has 11 aromatic rings. The molecule has 0 unspecified atom stereocenters. The number of aromatic nitrogens is 2. The number of para-hydroxylation sites is 4. The maximum Gasteiger partial charge on any atom is 0.227 e. The van der Waals surface area contributed by atoms with Crippen molar-refractivity contribution in [2.75, 3.05) is 4.90 Å². The lowest BCUT2D eigenvalue weighted by Gasteiger charge is -2.27. The Morgan fingerprint density at radius 3 is 1.93 bits per heavy atom. The molecule has 0 saturated heterocycles. The summed E-state index contributed by atoms with van der Waals surface area (Å²) >= 11 is 0. The Kier molecular flexibility index (Phi) is 6.79. The topological polar surface area (TPSA) is 47.3 Å². The normalized spacial score (nSPS) is 11.7. The lowest BCUT2D eigenvalue weighted by atomic mass is 10.0. The number of furan rings is 1. The Morgan fingerprint density at radius 2 is 1.11 bits per heavy atom. The zero-order valence-electron chi connectivity index (χ0n) is 29.1. The molecule has 3 heterocycles. The van der Waals surface area contributed by atoms with Crippen LogP contribution in [0.25, 0.3) is 83.1 Å². The maximum atomic E-state index is 6.82. The van der Waals surface area contributed by atoms with Gasteiger partial charge in [-0.05, 0) is 65.7 Å². The van der Waals surface area contributed by atoms with E-state index in [9.17, 15) is 0 Å². The highest BCUT2D eigenvalue weighted by atomic mass is 16.4. The Balaban J connectivity index is 1.29. The fraction of sp³-hybridized carbons (Fsp3) is 0. The second-order valence-corrected chi connectivity index (χ2v) is 13.5. The van der Waals surface area contributed by atoms with Crippen LogP contribution in [0, 0.1) is 0 Å². The van der Waals surface area contributed by atoms with Gasteiger partial charge >= 0.3 is 0 Å². The number of oxazole rings is 1. The molecule has 0 spiro atoms. The van der Waals surface area contributed by atoms with Gasteiger partial charge in [0.05, 0.1) is 27.8 Å². The molecule has 0 aliphatic heterocycles. The fourth-order valence-electron chi connectivity index (χ4n) is 8.02. The molecule has 0 N–H and O–H groups in total. The van der Waals surface area contributed by atoms with Crippen LogP contribution >= 0.6 is 0 Å². The first-order valence-electron chi connectivity index (χ1n) is 18.1. The molecule has 5 nitrogen and oxygen atoms in total. The van der Waals surface area contributed by atoms with Crippen LogP contribution in [0.2, 0.25) is 0 Å². The van der Waals surface area contributed by atoms with E-state index in [1.165, 1.54) is 5.39 Å². The average molecular weight is 694 g/mol. The Morgan fingerprint density at radius 1 is 0.463 bits per heavy atom. The third kappa shape index (κ3) is 4.69. The first kappa shape index (κ1) is 30.3. The van der Waals surface area contributed by atoms with Crippen molar-refractivity contribution in [3.05, 3.63) is 188 Å². The summed E-state index contributed by atoms with van der Waals surface area (Å²) in [6, 6.07) is 65.5. The molecule has 0 atom stereocenters. The van der Waals surface area contributed by atoms with Crippen LogP contribution in [-0.4, -0.2) is 9.55 Å². The van der Waals surface area contributed by atoms with E-state index in [0.29, 0.717) is 11.5 Å². The second kappa shape index (κ2) is 12.1. The molecule has 54 heavy (non-hydrogen) atoms. The van der Waals surface area contributed by atoms with E-state index in [2.05, 4.69) is 149 Å². The number of anilines is 3. The van der Waals surface area contributed by atoms with Crippen molar-refractivity contribution in [1.82, 2.24) is 9.55 Å². The van der Waals surface area contributed by atoms with Gasteiger partial charge in [0.1, 0.15) is 16.7 Å². The van der Waals surface area contributed by atoms with Crippen molar-refractivity contribution in [1.29, 1.82) is 0 Å². The monoisotopic (exact) mass is 693 g/mol. The van der Waals surface area contributed by atoms with Gasteiger partial charge in [-0.15, -0.1) is 0 Å². The summed E-state index contributed by atoms with van der Waals surface area (Å²) < 4.78 is 15.8. The highest BCUT2D eigenvalue weighted by molar-refractivity contribution is 6.21. The number of hydrogen-bond donors (Lipinski definition) is 0. The molecule has 11 rings (SSSR count). The summed E-state index contributed by atoms with van der Waals surface area (Å²) in [5.41, 5.74) is 12.3. The van der Waals surface area contributed by atoms with Crippen molar-refractivity contribution in [2.24, 2.45) is 0 Å². The van der Waals surface area contributed by atoms with E-state index in [1.807, 2.05) is 48.5 Å². The summed E-state index contributed by atoms with van der Waals surface area (Å²) in [7, 11) is 0. The molecule has 0 amide bonds. The van der Waals surface area contributed by atoms with Crippen LogP contribution in [0.3, 0.4) is 0 Å². The summed E-state index contributed by atoms with van der Waals surface area (Å²) in [5.74, 6) is 0.555. The second-order valence-electron chi connectivity index (χ2n) is 13.5. The van der Waals surface area contributed by atoms with E-state index in [1.54, 1.807) is 0 Å². The highest BCUT2D eigenvalue weighted by Gasteiger charge is 2.27. The van der Waals surface area contributed by atoms with Crippen molar-refractivity contribution in [3.8, 4) is 28.3 Å². The predicted molar refractivity (Wildman–Crippen MR) is 221 cm³/mol. The van der Waals surface area contributed by atoms with Gasteiger partial charge in [-0.1, -0.05) is 127 Å². The minimum absolute atomic E-state index is 0.555. The molecule has 0 aliphatic rings. The quantitative estimate of drug-likeness (QED) is 0.174. The summed E-state index contributed by atoms with van der Waals surface area (Å²) in [6.07, 6.45) is 0. The lowest BCUT2D eigenvalue weighted by Crippen LogP contribution is -2.12. The third-order valence-corrected chi connectivity index (χ3v) is 10.4. The Labute approximate surface area is 310 Å². The van der Waals surface area contributed by atoms with Gasteiger partial charge in [0, 0.05) is 39.2 Å². The molecular formula is C49H31N3O2. The molecule has 5 heteroatoms. The Hall–Kier alpha value is -7.37. The smallest absolute Gasteiger partial charge is 0.227 e.